The number of nitrogen functional groups attached to an aromatic ring is 1. The number of rotatable bonds is 20. The van der Waals surface area contributed by atoms with Gasteiger partial charge in [0.05, 0.1) is 0 Å². The second-order valence-electron chi connectivity index (χ2n) is 9.01. The summed E-state index contributed by atoms with van der Waals surface area (Å²) in [7, 11) is 0. The Bertz CT molecular complexity index is 627. The molecule has 0 atom stereocenters. The molecule has 2 N–H and O–H groups in total. The molecule has 0 amide bonds. The summed E-state index contributed by atoms with van der Waals surface area (Å²) < 4.78 is 1.06. The Balaban J connectivity index is 1.81. The summed E-state index contributed by atoms with van der Waals surface area (Å²) in [5.74, 6) is -0.0398. The molecule has 1 aromatic rings. The highest BCUT2D eigenvalue weighted by atomic mass is 16.2. The van der Waals surface area contributed by atoms with Crippen molar-refractivity contribution in [2.45, 2.75) is 135 Å². The third kappa shape index (κ3) is 14.9. The van der Waals surface area contributed by atoms with E-state index in [1.165, 1.54) is 121 Å². The van der Waals surface area contributed by atoms with Crippen molar-refractivity contribution in [3.8, 4) is 0 Å². The third-order valence-electron chi connectivity index (χ3n) is 6.09. The van der Waals surface area contributed by atoms with Gasteiger partial charge >= 0.3 is 5.69 Å². The van der Waals surface area contributed by atoms with Crippen LogP contribution < -0.4 is 11.4 Å². The van der Waals surface area contributed by atoms with Crippen molar-refractivity contribution in [3.05, 3.63) is 22.7 Å². The SMILES string of the molecule is CCCCCCCCCCCCCCCCCCCCCC(=O)n1ccc(N)nc1=O. The average Bonchev–Trinajstić information content (AvgIpc) is 2.75. The van der Waals surface area contributed by atoms with E-state index in [1.807, 2.05) is 0 Å². The van der Waals surface area contributed by atoms with Crippen molar-refractivity contribution in [2.75, 3.05) is 5.73 Å². The molecule has 1 heterocycles. The highest BCUT2D eigenvalue weighted by Crippen LogP contribution is 2.14. The van der Waals surface area contributed by atoms with Gasteiger partial charge in [0.25, 0.3) is 0 Å². The first-order chi connectivity index (χ1) is 15.1. The first kappa shape index (κ1) is 27.4. The lowest BCUT2D eigenvalue weighted by Gasteiger charge is -2.05. The predicted molar refractivity (Wildman–Crippen MR) is 132 cm³/mol. The molecule has 178 valence electrons. The molecule has 1 aromatic heterocycles. The second-order valence-corrected chi connectivity index (χ2v) is 9.01. The van der Waals surface area contributed by atoms with Gasteiger partial charge in [-0.25, -0.2) is 9.36 Å². The van der Waals surface area contributed by atoms with Gasteiger partial charge in [0.1, 0.15) is 5.82 Å². The van der Waals surface area contributed by atoms with Crippen LogP contribution in [-0.2, 0) is 0 Å². The predicted octanol–water partition coefficient (Wildman–Crippen LogP) is 7.29. The molecule has 0 saturated carbocycles. The number of aromatic nitrogens is 2. The van der Waals surface area contributed by atoms with Gasteiger partial charge < -0.3 is 5.73 Å². The van der Waals surface area contributed by atoms with Gasteiger partial charge in [0.2, 0.25) is 5.91 Å². The van der Waals surface area contributed by atoms with Gasteiger partial charge in [-0.3, -0.25) is 4.79 Å². The molecule has 0 fully saturated rings. The monoisotopic (exact) mass is 433 g/mol. The minimum absolute atomic E-state index is 0.151. The zero-order chi connectivity index (χ0) is 22.6. The van der Waals surface area contributed by atoms with Gasteiger partial charge in [-0.05, 0) is 12.5 Å². The van der Waals surface area contributed by atoms with E-state index >= 15 is 0 Å². The van der Waals surface area contributed by atoms with E-state index in [-0.39, 0.29) is 11.7 Å². The fourth-order valence-electron chi connectivity index (χ4n) is 4.08. The zero-order valence-electron chi connectivity index (χ0n) is 20.1. The van der Waals surface area contributed by atoms with Crippen LogP contribution >= 0.6 is 0 Å². The number of carbonyl (C=O) groups is 1. The fourth-order valence-corrected chi connectivity index (χ4v) is 4.08. The van der Waals surface area contributed by atoms with Gasteiger partial charge in [-0.2, -0.15) is 4.98 Å². The second kappa shape index (κ2) is 19.1. The number of carbonyl (C=O) groups excluding carboxylic acids is 1. The third-order valence-corrected chi connectivity index (χ3v) is 6.09. The number of hydrogen-bond donors (Lipinski definition) is 1. The Morgan fingerprint density at radius 1 is 0.742 bits per heavy atom. The van der Waals surface area contributed by atoms with Crippen LogP contribution in [0.4, 0.5) is 5.82 Å². The number of nitrogens with zero attached hydrogens (tertiary/aromatic N) is 2. The molecule has 0 aliphatic heterocycles. The molecule has 0 saturated heterocycles. The molecule has 5 heteroatoms. The van der Waals surface area contributed by atoms with Crippen molar-refractivity contribution < 1.29 is 4.79 Å². The lowest BCUT2D eigenvalue weighted by Crippen LogP contribution is -2.28. The number of nitrogens with two attached hydrogens (primary N) is 1. The summed E-state index contributed by atoms with van der Waals surface area (Å²) in [6, 6.07) is 1.48. The summed E-state index contributed by atoms with van der Waals surface area (Å²) in [6.45, 7) is 2.28. The van der Waals surface area contributed by atoms with Crippen molar-refractivity contribution in [1.29, 1.82) is 0 Å². The molecule has 31 heavy (non-hydrogen) atoms. The minimum atomic E-state index is -0.581. The summed E-state index contributed by atoms with van der Waals surface area (Å²) in [4.78, 5) is 27.3. The first-order valence-corrected chi connectivity index (χ1v) is 13.0. The number of anilines is 1. The molecule has 0 aliphatic carbocycles. The van der Waals surface area contributed by atoms with Gasteiger partial charge in [0, 0.05) is 12.6 Å². The Labute approximate surface area is 190 Å². The summed E-state index contributed by atoms with van der Waals surface area (Å²) in [6.07, 6.45) is 27.1. The highest BCUT2D eigenvalue weighted by Gasteiger charge is 2.07. The van der Waals surface area contributed by atoms with Crippen LogP contribution in [0.3, 0.4) is 0 Å². The lowest BCUT2D eigenvalue weighted by molar-refractivity contribution is 0.0893. The largest absolute Gasteiger partial charge is 0.383 e. The molecular formula is C26H47N3O2. The molecule has 0 radical (unpaired) electrons. The van der Waals surface area contributed by atoms with E-state index in [4.69, 9.17) is 5.73 Å². The van der Waals surface area contributed by atoms with Crippen LogP contribution in [0, 0.1) is 0 Å². The molecular weight excluding hydrogens is 386 g/mol. The van der Waals surface area contributed by atoms with Gasteiger partial charge in [-0.1, -0.05) is 122 Å². The van der Waals surface area contributed by atoms with E-state index in [9.17, 15) is 9.59 Å². The zero-order valence-corrected chi connectivity index (χ0v) is 20.1. The molecule has 1 rings (SSSR count). The van der Waals surface area contributed by atoms with E-state index in [0.717, 1.165) is 17.4 Å². The fraction of sp³-hybridized carbons (Fsp3) is 0.808. The van der Waals surface area contributed by atoms with Crippen molar-refractivity contribution >= 4 is 11.7 Å². The number of hydrogen-bond acceptors (Lipinski definition) is 4. The van der Waals surface area contributed by atoms with Crippen molar-refractivity contribution in [1.82, 2.24) is 9.55 Å². The quantitative estimate of drug-likeness (QED) is 0.219. The van der Waals surface area contributed by atoms with Crippen LogP contribution in [0.1, 0.15) is 140 Å². The Kier molecular flexibility index (Phi) is 16.8. The van der Waals surface area contributed by atoms with Crippen LogP contribution in [0.25, 0.3) is 0 Å². The highest BCUT2D eigenvalue weighted by molar-refractivity contribution is 5.78. The van der Waals surface area contributed by atoms with E-state index in [2.05, 4.69) is 11.9 Å². The maximum Gasteiger partial charge on any atom is 0.356 e. The number of unbranched alkanes of at least 4 members (excludes halogenated alkanes) is 18. The van der Waals surface area contributed by atoms with Crippen molar-refractivity contribution in [2.24, 2.45) is 0 Å². The van der Waals surface area contributed by atoms with E-state index < -0.39 is 5.69 Å². The summed E-state index contributed by atoms with van der Waals surface area (Å²) in [5.41, 5.74) is 4.86. The van der Waals surface area contributed by atoms with Crippen LogP contribution in [0.5, 0.6) is 0 Å². The Morgan fingerprint density at radius 3 is 1.52 bits per heavy atom. The van der Waals surface area contributed by atoms with Crippen LogP contribution in [0.15, 0.2) is 17.1 Å². The maximum atomic E-state index is 12.0. The topological polar surface area (TPSA) is 78.0 Å². The minimum Gasteiger partial charge on any atom is -0.383 e. The molecule has 0 unspecified atom stereocenters. The lowest BCUT2D eigenvalue weighted by atomic mass is 10.0. The maximum absolute atomic E-state index is 12.0. The normalized spacial score (nSPS) is 11.1. The van der Waals surface area contributed by atoms with E-state index in [1.54, 1.807) is 0 Å². The Morgan fingerprint density at radius 2 is 1.13 bits per heavy atom. The summed E-state index contributed by atoms with van der Waals surface area (Å²) in [5, 5.41) is 0. The van der Waals surface area contributed by atoms with E-state index in [0.29, 0.717) is 6.42 Å². The summed E-state index contributed by atoms with van der Waals surface area (Å²) >= 11 is 0. The Hall–Kier alpha value is -1.65. The van der Waals surface area contributed by atoms with Gasteiger partial charge in [0.15, 0.2) is 0 Å². The molecule has 0 spiro atoms. The standard InChI is InChI=1S/C26H47N3O2/c1-2-3-4-5-6-7-8-9-10-11-12-13-14-15-16-17-18-19-20-21-25(30)29-23-22-24(27)28-26(29)31/h22-23H,2-21H2,1H3,(H2,27,28,31). The molecule has 5 nitrogen and oxygen atoms in total. The van der Waals surface area contributed by atoms with Gasteiger partial charge in [-0.15, -0.1) is 0 Å². The average molecular weight is 434 g/mol. The van der Waals surface area contributed by atoms with Crippen LogP contribution in [-0.4, -0.2) is 15.5 Å². The molecule has 0 bridgehead atoms. The first-order valence-electron chi connectivity index (χ1n) is 13.0. The smallest absolute Gasteiger partial charge is 0.356 e. The molecule has 0 aromatic carbocycles. The van der Waals surface area contributed by atoms with Crippen LogP contribution in [0.2, 0.25) is 0 Å². The molecule has 0 aliphatic rings. The van der Waals surface area contributed by atoms with Crippen molar-refractivity contribution in [3.63, 3.8) is 0 Å².